The lowest BCUT2D eigenvalue weighted by atomic mass is 10.0. The minimum Gasteiger partial charge on any atom is -0.483 e. The molecule has 2 aromatic rings. The number of hydrogen-bond acceptors (Lipinski definition) is 3. The van der Waals surface area contributed by atoms with Crippen LogP contribution < -0.4 is 10.1 Å². The highest BCUT2D eigenvalue weighted by atomic mass is 79.9. The van der Waals surface area contributed by atoms with Gasteiger partial charge in [0.25, 0.3) is 11.8 Å². The third-order valence-electron chi connectivity index (χ3n) is 4.46. The predicted molar refractivity (Wildman–Crippen MR) is 108 cm³/mol. The van der Waals surface area contributed by atoms with Crippen molar-refractivity contribution in [1.82, 2.24) is 10.2 Å². The Morgan fingerprint density at radius 2 is 1.85 bits per heavy atom. The van der Waals surface area contributed by atoms with E-state index < -0.39 is 0 Å². The van der Waals surface area contributed by atoms with Gasteiger partial charge >= 0.3 is 0 Å². The van der Waals surface area contributed by atoms with Gasteiger partial charge in [0, 0.05) is 29.7 Å². The summed E-state index contributed by atoms with van der Waals surface area (Å²) in [4.78, 5) is 26.4. The molecule has 1 fully saturated rings. The molecule has 1 aliphatic heterocycles. The average Bonchev–Trinajstić information content (AvgIpc) is 2.68. The molecule has 3 rings (SSSR count). The molecule has 1 heterocycles. The average molecular weight is 452 g/mol. The lowest BCUT2D eigenvalue weighted by molar-refractivity contribution is -0.134. The van der Waals surface area contributed by atoms with Gasteiger partial charge in [0.15, 0.2) is 6.61 Å². The first-order chi connectivity index (χ1) is 13.0. The van der Waals surface area contributed by atoms with Crippen molar-refractivity contribution in [3.63, 3.8) is 0 Å². The summed E-state index contributed by atoms with van der Waals surface area (Å²) in [5.74, 6) is 0.443. The second-order valence-electron chi connectivity index (χ2n) is 6.36. The van der Waals surface area contributed by atoms with E-state index in [1.54, 1.807) is 35.2 Å². The highest BCUT2D eigenvalue weighted by molar-refractivity contribution is 9.10. The van der Waals surface area contributed by atoms with E-state index in [1.165, 1.54) is 0 Å². The summed E-state index contributed by atoms with van der Waals surface area (Å²) in [6, 6.07) is 14.4. The quantitative estimate of drug-likeness (QED) is 0.750. The molecule has 0 aliphatic carbocycles. The van der Waals surface area contributed by atoms with Crippen molar-refractivity contribution in [2.45, 2.75) is 18.9 Å². The molecule has 0 spiro atoms. The van der Waals surface area contributed by atoms with Crippen LogP contribution in [0.25, 0.3) is 0 Å². The van der Waals surface area contributed by atoms with Gasteiger partial charge in [0.1, 0.15) is 5.75 Å². The molecule has 7 heteroatoms. The first-order valence-corrected chi connectivity index (χ1v) is 9.91. The molecule has 0 atom stereocenters. The number of benzene rings is 2. The third-order valence-corrected chi connectivity index (χ3v) is 5.32. The normalized spacial score (nSPS) is 14.7. The Hall–Kier alpha value is -2.05. The Bertz CT molecular complexity index is 808. The van der Waals surface area contributed by atoms with E-state index in [2.05, 4.69) is 21.2 Å². The molecule has 2 aromatic carbocycles. The van der Waals surface area contributed by atoms with E-state index in [1.807, 2.05) is 18.2 Å². The summed E-state index contributed by atoms with van der Waals surface area (Å²) in [5, 5.41) is 3.64. The number of nitrogens with zero attached hydrogens (tertiary/aromatic N) is 1. The molecule has 5 nitrogen and oxygen atoms in total. The van der Waals surface area contributed by atoms with Crippen LogP contribution in [0.2, 0.25) is 5.02 Å². The van der Waals surface area contributed by atoms with Gasteiger partial charge in [-0.3, -0.25) is 9.59 Å². The first-order valence-electron chi connectivity index (χ1n) is 8.74. The van der Waals surface area contributed by atoms with Crippen molar-refractivity contribution in [2.24, 2.45) is 0 Å². The minimum absolute atomic E-state index is 0.0265. The largest absolute Gasteiger partial charge is 0.483 e. The Kier molecular flexibility index (Phi) is 6.74. The van der Waals surface area contributed by atoms with Crippen LogP contribution in [-0.4, -0.2) is 42.5 Å². The molecule has 0 radical (unpaired) electrons. The number of nitrogens with one attached hydrogen (secondary N) is 1. The first kappa shape index (κ1) is 19.7. The van der Waals surface area contributed by atoms with Gasteiger partial charge in [0.2, 0.25) is 0 Å². The zero-order valence-corrected chi connectivity index (χ0v) is 17.0. The summed E-state index contributed by atoms with van der Waals surface area (Å²) in [6.07, 6.45) is 1.46. The standard InChI is InChI=1S/C20H20BrClN2O3/c21-17-12-15(22)6-7-18(17)27-13-19(25)24-10-8-16(9-11-24)23-20(26)14-4-2-1-3-5-14/h1-7,12,16H,8-11,13H2,(H,23,26). The fourth-order valence-corrected chi connectivity index (χ4v) is 3.75. The van der Waals surface area contributed by atoms with E-state index in [0.29, 0.717) is 33.9 Å². The van der Waals surface area contributed by atoms with Gasteiger partial charge in [-0.15, -0.1) is 0 Å². The van der Waals surface area contributed by atoms with Gasteiger partial charge < -0.3 is 15.0 Å². The molecule has 0 unspecified atom stereocenters. The van der Waals surface area contributed by atoms with E-state index in [-0.39, 0.29) is 24.5 Å². The zero-order chi connectivity index (χ0) is 19.2. The lowest BCUT2D eigenvalue weighted by Gasteiger charge is -2.32. The highest BCUT2D eigenvalue weighted by Crippen LogP contribution is 2.28. The van der Waals surface area contributed by atoms with Gasteiger partial charge in [-0.2, -0.15) is 0 Å². The lowest BCUT2D eigenvalue weighted by Crippen LogP contribution is -2.47. The Morgan fingerprint density at radius 3 is 2.52 bits per heavy atom. The van der Waals surface area contributed by atoms with Gasteiger partial charge in [-0.05, 0) is 59.1 Å². The summed E-state index contributed by atoms with van der Waals surface area (Å²) < 4.78 is 6.30. The maximum Gasteiger partial charge on any atom is 0.260 e. The molecule has 2 amide bonds. The van der Waals surface area contributed by atoms with Crippen molar-refractivity contribution >= 4 is 39.3 Å². The molecule has 1 N–H and O–H groups in total. The van der Waals surface area contributed by atoms with Crippen molar-refractivity contribution < 1.29 is 14.3 Å². The maximum atomic E-state index is 12.4. The van der Waals surface area contributed by atoms with E-state index in [9.17, 15) is 9.59 Å². The fourth-order valence-electron chi connectivity index (χ4n) is 2.95. The number of likely N-dealkylation sites (tertiary alicyclic amines) is 1. The van der Waals surface area contributed by atoms with Crippen LogP contribution >= 0.6 is 27.5 Å². The van der Waals surface area contributed by atoms with Crippen LogP contribution in [-0.2, 0) is 4.79 Å². The van der Waals surface area contributed by atoms with Crippen LogP contribution in [0.5, 0.6) is 5.75 Å². The topological polar surface area (TPSA) is 58.6 Å². The van der Waals surface area contributed by atoms with Gasteiger partial charge in [0.05, 0.1) is 4.47 Å². The maximum absolute atomic E-state index is 12.4. The molecule has 0 bridgehead atoms. The van der Waals surface area contributed by atoms with Crippen LogP contribution in [0.15, 0.2) is 53.0 Å². The van der Waals surface area contributed by atoms with Gasteiger partial charge in [-0.25, -0.2) is 0 Å². The number of carbonyl (C=O) groups is 2. The van der Waals surface area contributed by atoms with Crippen molar-refractivity contribution in [3.8, 4) is 5.75 Å². The summed E-state index contributed by atoms with van der Waals surface area (Å²) in [5.41, 5.74) is 0.651. The summed E-state index contributed by atoms with van der Waals surface area (Å²) in [7, 11) is 0. The number of carbonyl (C=O) groups excluding carboxylic acids is 2. The molecular formula is C20H20BrClN2O3. The molecular weight excluding hydrogens is 432 g/mol. The Labute approximate surface area is 171 Å². The molecule has 27 heavy (non-hydrogen) atoms. The van der Waals surface area contributed by atoms with Gasteiger partial charge in [-0.1, -0.05) is 29.8 Å². The molecule has 1 aliphatic rings. The molecule has 0 saturated carbocycles. The molecule has 142 valence electrons. The number of ether oxygens (including phenoxy) is 1. The molecule has 0 aromatic heterocycles. The summed E-state index contributed by atoms with van der Waals surface area (Å²) in [6.45, 7) is 1.18. The second-order valence-corrected chi connectivity index (χ2v) is 7.65. The van der Waals surface area contributed by atoms with Crippen LogP contribution in [0.4, 0.5) is 0 Å². The Balaban J connectivity index is 1.44. The number of amides is 2. The predicted octanol–water partition coefficient (Wildman–Crippen LogP) is 3.90. The minimum atomic E-state index is -0.0729. The van der Waals surface area contributed by atoms with E-state index in [4.69, 9.17) is 16.3 Å². The van der Waals surface area contributed by atoms with Crippen molar-refractivity contribution in [1.29, 1.82) is 0 Å². The van der Waals surface area contributed by atoms with Crippen LogP contribution in [0.3, 0.4) is 0 Å². The van der Waals surface area contributed by atoms with E-state index in [0.717, 1.165) is 12.8 Å². The summed E-state index contributed by atoms with van der Waals surface area (Å²) >= 11 is 9.27. The van der Waals surface area contributed by atoms with Crippen molar-refractivity contribution in [2.75, 3.05) is 19.7 Å². The van der Waals surface area contributed by atoms with E-state index >= 15 is 0 Å². The number of piperidine rings is 1. The Morgan fingerprint density at radius 1 is 1.15 bits per heavy atom. The second kappa shape index (κ2) is 9.24. The highest BCUT2D eigenvalue weighted by Gasteiger charge is 2.24. The monoisotopic (exact) mass is 450 g/mol. The SMILES string of the molecule is O=C(NC1CCN(C(=O)COc2ccc(Cl)cc2Br)CC1)c1ccccc1. The fraction of sp³-hybridized carbons (Fsp3) is 0.300. The third kappa shape index (κ3) is 5.47. The molecule has 1 saturated heterocycles. The van der Waals surface area contributed by atoms with Crippen LogP contribution in [0.1, 0.15) is 23.2 Å². The zero-order valence-electron chi connectivity index (χ0n) is 14.7. The smallest absolute Gasteiger partial charge is 0.260 e. The number of hydrogen-bond donors (Lipinski definition) is 1. The number of rotatable bonds is 5. The van der Waals surface area contributed by atoms with Crippen LogP contribution in [0, 0.1) is 0 Å². The number of halogens is 2. The van der Waals surface area contributed by atoms with Crippen molar-refractivity contribution in [3.05, 3.63) is 63.6 Å².